The van der Waals surface area contributed by atoms with E-state index < -0.39 is 6.10 Å². The third-order valence-corrected chi connectivity index (χ3v) is 4.17. The molecule has 0 aromatic rings. The van der Waals surface area contributed by atoms with Crippen LogP contribution in [0, 0.1) is 0 Å². The minimum absolute atomic E-state index is 0.218. The van der Waals surface area contributed by atoms with Gasteiger partial charge < -0.3 is 25.4 Å². The molecule has 0 unspecified atom stereocenters. The van der Waals surface area contributed by atoms with Gasteiger partial charge in [-0.1, -0.05) is 6.92 Å². The Morgan fingerprint density at radius 3 is 2.71 bits per heavy atom. The fourth-order valence-corrected chi connectivity index (χ4v) is 2.71. The molecule has 2 heterocycles. The van der Waals surface area contributed by atoms with Crippen LogP contribution in [-0.4, -0.2) is 92.1 Å². The number of urea groups is 1. The monoisotopic (exact) mass is 300 g/mol. The van der Waals surface area contributed by atoms with Crippen molar-refractivity contribution in [2.75, 3.05) is 52.9 Å². The second-order valence-corrected chi connectivity index (χ2v) is 5.97. The molecule has 0 aliphatic carbocycles. The average Bonchev–Trinajstić information content (AvgIpc) is 2.80. The van der Waals surface area contributed by atoms with Crippen LogP contribution in [0.15, 0.2) is 0 Å². The predicted molar refractivity (Wildman–Crippen MR) is 80.3 cm³/mol. The van der Waals surface area contributed by atoms with Crippen molar-refractivity contribution in [3.8, 4) is 0 Å². The van der Waals surface area contributed by atoms with Gasteiger partial charge in [0, 0.05) is 39.3 Å². The van der Waals surface area contributed by atoms with Crippen LogP contribution in [0.2, 0.25) is 0 Å². The molecule has 0 aromatic heterocycles. The number of nitrogens with one attached hydrogen (secondary N) is 2. The highest BCUT2D eigenvalue weighted by atomic mass is 16.5. The molecule has 0 bridgehead atoms. The molecule has 3 atom stereocenters. The minimum Gasteiger partial charge on any atom is -0.388 e. The van der Waals surface area contributed by atoms with Crippen molar-refractivity contribution in [3.05, 3.63) is 0 Å². The number of carbonyl (C=O) groups excluding carboxylic acids is 1. The Balaban J connectivity index is 1.73. The average molecular weight is 300 g/mol. The Morgan fingerprint density at radius 2 is 2.05 bits per heavy atom. The van der Waals surface area contributed by atoms with Crippen LogP contribution in [-0.2, 0) is 4.74 Å². The molecule has 3 N–H and O–H groups in total. The van der Waals surface area contributed by atoms with Crippen LogP contribution in [0.4, 0.5) is 4.79 Å². The Hall–Kier alpha value is -0.890. The fourth-order valence-electron chi connectivity index (χ4n) is 2.71. The van der Waals surface area contributed by atoms with E-state index in [0.717, 1.165) is 39.1 Å². The van der Waals surface area contributed by atoms with Gasteiger partial charge in [0.25, 0.3) is 0 Å². The van der Waals surface area contributed by atoms with Crippen molar-refractivity contribution in [2.24, 2.45) is 0 Å². The second-order valence-electron chi connectivity index (χ2n) is 5.97. The number of ether oxygens (including phenoxy) is 1. The number of hydrogen-bond donors (Lipinski definition) is 3. The number of nitrogens with zero attached hydrogens (tertiary/aromatic N) is 2. The van der Waals surface area contributed by atoms with Crippen molar-refractivity contribution >= 4 is 6.03 Å². The fraction of sp³-hybridized carbons (Fsp3) is 0.929. The predicted octanol–water partition coefficient (Wildman–Crippen LogP) is -0.929. The quantitative estimate of drug-likeness (QED) is 0.612. The van der Waals surface area contributed by atoms with Gasteiger partial charge in [0.1, 0.15) is 6.10 Å². The summed E-state index contributed by atoms with van der Waals surface area (Å²) in [6.07, 6.45) is 0.0327. The van der Waals surface area contributed by atoms with E-state index in [0.29, 0.717) is 13.2 Å². The normalized spacial score (nSPS) is 31.3. The van der Waals surface area contributed by atoms with Gasteiger partial charge in [-0.25, -0.2) is 4.79 Å². The maximum Gasteiger partial charge on any atom is 0.315 e. The lowest BCUT2D eigenvalue weighted by molar-refractivity contribution is 0.00620. The van der Waals surface area contributed by atoms with E-state index in [4.69, 9.17) is 4.74 Å². The highest BCUT2D eigenvalue weighted by Gasteiger charge is 2.37. The zero-order valence-corrected chi connectivity index (χ0v) is 13.0. The Labute approximate surface area is 126 Å². The lowest BCUT2D eigenvalue weighted by Crippen LogP contribution is -2.51. The summed E-state index contributed by atoms with van der Waals surface area (Å²) in [6, 6.07) is -0.552. The minimum atomic E-state index is -0.642. The second kappa shape index (κ2) is 7.93. The SMILES string of the molecule is CCCNC(=O)N[C@H]1CO[C@@H](CN2CCN(C)CC2)[C@@H]1O. The number of likely N-dealkylation sites (N-methyl/N-ethyl adjacent to an activating group) is 1. The number of hydrogen-bond acceptors (Lipinski definition) is 5. The number of aliphatic hydroxyl groups is 1. The van der Waals surface area contributed by atoms with E-state index in [-0.39, 0.29) is 18.2 Å². The number of amides is 2. The van der Waals surface area contributed by atoms with E-state index in [1.165, 1.54) is 0 Å². The highest BCUT2D eigenvalue weighted by molar-refractivity contribution is 5.74. The van der Waals surface area contributed by atoms with Crippen LogP contribution in [0.5, 0.6) is 0 Å². The van der Waals surface area contributed by atoms with Crippen molar-refractivity contribution < 1.29 is 14.6 Å². The van der Waals surface area contributed by atoms with E-state index in [9.17, 15) is 9.90 Å². The molecule has 0 radical (unpaired) electrons. The van der Waals surface area contributed by atoms with Gasteiger partial charge in [0.2, 0.25) is 0 Å². The van der Waals surface area contributed by atoms with Crippen LogP contribution >= 0.6 is 0 Å². The summed E-state index contributed by atoms with van der Waals surface area (Å²) in [4.78, 5) is 16.2. The molecule has 2 rings (SSSR count). The Kier molecular flexibility index (Phi) is 6.22. The molecule has 0 saturated carbocycles. The van der Waals surface area contributed by atoms with Gasteiger partial charge in [-0.05, 0) is 13.5 Å². The molecule has 21 heavy (non-hydrogen) atoms. The molecule has 7 nitrogen and oxygen atoms in total. The van der Waals surface area contributed by atoms with Crippen LogP contribution in [0.1, 0.15) is 13.3 Å². The molecule has 0 aromatic carbocycles. The molecular weight excluding hydrogens is 272 g/mol. The Bertz CT molecular complexity index is 334. The topological polar surface area (TPSA) is 77.1 Å². The summed E-state index contributed by atoms with van der Waals surface area (Å²) in [5, 5.41) is 15.8. The lowest BCUT2D eigenvalue weighted by atomic mass is 10.1. The van der Waals surface area contributed by atoms with Gasteiger partial charge in [0.15, 0.2) is 0 Å². The van der Waals surface area contributed by atoms with E-state index in [1.807, 2.05) is 6.92 Å². The molecule has 0 spiro atoms. The van der Waals surface area contributed by atoms with E-state index >= 15 is 0 Å². The number of aliphatic hydroxyl groups excluding tert-OH is 1. The molecule has 2 aliphatic rings. The smallest absolute Gasteiger partial charge is 0.315 e. The summed E-state index contributed by atoms with van der Waals surface area (Å²) in [5.41, 5.74) is 0. The maximum absolute atomic E-state index is 11.6. The number of piperazine rings is 1. The third-order valence-electron chi connectivity index (χ3n) is 4.17. The summed E-state index contributed by atoms with van der Waals surface area (Å²) < 4.78 is 5.67. The molecular formula is C14H28N4O3. The van der Waals surface area contributed by atoms with Gasteiger partial charge in [-0.3, -0.25) is 4.90 Å². The Morgan fingerprint density at radius 1 is 1.33 bits per heavy atom. The maximum atomic E-state index is 11.6. The molecule has 2 aliphatic heterocycles. The first-order chi connectivity index (χ1) is 10.1. The van der Waals surface area contributed by atoms with E-state index in [1.54, 1.807) is 0 Å². The van der Waals surface area contributed by atoms with Crippen LogP contribution in [0.3, 0.4) is 0 Å². The van der Waals surface area contributed by atoms with Gasteiger partial charge in [-0.2, -0.15) is 0 Å². The van der Waals surface area contributed by atoms with Crippen molar-refractivity contribution in [1.82, 2.24) is 20.4 Å². The molecule has 7 heteroatoms. The molecule has 2 amide bonds. The number of carbonyl (C=O) groups is 1. The molecule has 122 valence electrons. The molecule has 2 saturated heterocycles. The summed E-state index contributed by atoms with van der Waals surface area (Å²) in [6.45, 7) is 7.83. The first-order valence-corrected chi connectivity index (χ1v) is 7.85. The van der Waals surface area contributed by atoms with Crippen molar-refractivity contribution in [2.45, 2.75) is 31.6 Å². The first kappa shape index (κ1) is 16.5. The summed E-state index contributed by atoms with van der Waals surface area (Å²) >= 11 is 0. The van der Waals surface area contributed by atoms with Crippen LogP contribution < -0.4 is 10.6 Å². The van der Waals surface area contributed by atoms with Gasteiger partial charge >= 0.3 is 6.03 Å². The van der Waals surface area contributed by atoms with Gasteiger partial charge in [0.05, 0.1) is 18.8 Å². The van der Waals surface area contributed by atoms with Crippen molar-refractivity contribution in [1.29, 1.82) is 0 Å². The molecule has 2 fully saturated rings. The zero-order valence-electron chi connectivity index (χ0n) is 13.0. The van der Waals surface area contributed by atoms with Crippen LogP contribution in [0.25, 0.3) is 0 Å². The third kappa shape index (κ3) is 4.81. The van der Waals surface area contributed by atoms with Crippen molar-refractivity contribution in [3.63, 3.8) is 0 Å². The largest absolute Gasteiger partial charge is 0.388 e. The van der Waals surface area contributed by atoms with E-state index in [2.05, 4.69) is 27.5 Å². The standard InChI is InChI=1S/C14H28N4O3/c1-3-4-15-14(20)16-11-10-21-12(13(11)19)9-18-7-5-17(2)6-8-18/h11-13,19H,3-10H2,1-2H3,(H2,15,16,20)/t11-,12-,13+/m0/s1. The zero-order chi connectivity index (χ0) is 15.2. The summed E-state index contributed by atoms with van der Waals surface area (Å²) in [7, 11) is 2.12. The first-order valence-electron chi connectivity index (χ1n) is 7.85. The number of rotatable bonds is 5. The highest BCUT2D eigenvalue weighted by Crippen LogP contribution is 2.16. The summed E-state index contributed by atoms with van der Waals surface area (Å²) in [5.74, 6) is 0. The lowest BCUT2D eigenvalue weighted by Gasteiger charge is -2.34. The van der Waals surface area contributed by atoms with Gasteiger partial charge in [-0.15, -0.1) is 0 Å².